The van der Waals surface area contributed by atoms with E-state index < -0.39 is 23.3 Å². The summed E-state index contributed by atoms with van der Waals surface area (Å²) >= 11 is 6.60. The van der Waals surface area contributed by atoms with Gasteiger partial charge in [-0.05, 0) is 39.5 Å². The van der Waals surface area contributed by atoms with E-state index in [0.29, 0.717) is 0 Å². The molecule has 0 saturated carbocycles. The average Bonchev–Trinajstić information content (AvgIpc) is 3.01. The molecule has 0 aliphatic rings. The van der Waals surface area contributed by atoms with E-state index in [2.05, 4.69) is 10.1 Å². The second kappa shape index (κ2) is 10.1. The summed E-state index contributed by atoms with van der Waals surface area (Å²) in [4.78, 5) is 28.9. The van der Waals surface area contributed by atoms with E-state index in [9.17, 15) is 9.59 Å². The van der Waals surface area contributed by atoms with Gasteiger partial charge in [-0.3, -0.25) is 9.59 Å². The third-order valence-corrected chi connectivity index (χ3v) is 8.26. The van der Waals surface area contributed by atoms with Gasteiger partial charge < -0.3 is 13.8 Å². The second-order valence-corrected chi connectivity index (χ2v) is 13.6. The van der Waals surface area contributed by atoms with E-state index in [4.69, 9.17) is 25.6 Å². The van der Waals surface area contributed by atoms with Crippen LogP contribution in [0.1, 0.15) is 54.7 Å². The molecule has 1 aromatic rings. The van der Waals surface area contributed by atoms with Crippen LogP contribution in [0, 0.1) is 5.41 Å². The third kappa shape index (κ3) is 8.39. The minimum atomic E-state index is -2.72. The van der Waals surface area contributed by atoms with Gasteiger partial charge in [-0.25, -0.2) is 9.67 Å². The first-order chi connectivity index (χ1) is 12.3. The molecule has 1 aromatic heterocycles. The predicted molar refractivity (Wildman–Crippen MR) is 109 cm³/mol. The van der Waals surface area contributed by atoms with Gasteiger partial charge in [0.05, 0.1) is 12.2 Å². The molecule has 8 nitrogen and oxygen atoms in total. The lowest BCUT2D eigenvalue weighted by atomic mass is 9.90. The molecule has 0 spiro atoms. The highest BCUT2D eigenvalue weighted by molar-refractivity contribution is 8.68. The number of ketones is 1. The molecule has 1 heterocycles. The number of carbonyl (C=O) groups is 2. The molecule has 154 valence electrons. The molecule has 0 bridgehead atoms. The molecule has 0 fully saturated rings. The van der Waals surface area contributed by atoms with Crippen LogP contribution in [0.3, 0.4) is 0 Å². The fraction of sp³-hybridized carbons (Fsp3) is 0.750. The van der Waals surface area contributed by atoms with Gasteiger partial charge in [0, 0.05) is 5.41 Å². The first-order valence-corrected chi connectivity index (χ1v) is 12.8. The summed E-state index contributed by atoms with van der Waals surface area (Å²) in [6.45, 7) is 12.6. The molecule has 27 heavy (non-hydrogen) atoms. The zero-order valence-corrected chi connectivity index (χ0v) is 19.3. The van der Waals surface area contributed by atoms with Crippen LogP contribution in [-0.2, 0) is 35.2 Å². The Bertz CT molecular complexity index is 660. The van der Waals surface area contributed by atoms with Crippen LogP contribution in [0.15, 0.2) is 12.7 Å². The standard InChI is InChI=1S/C16H28N3O5PS2/c1-11(2)23-25(26,24-12(3)4)27-8-13(20)22-15(14(21)16(5,6)7)19-10-17-9-18-19/h9-12,15H,8H2,1-7H3. The van der Waals surface area contributed by atoms with Gasteiger partial charge in [-0.2, -0.15) is 5.10 Å². The Balaban J connectivity index is 2.84. The van der Waals surface area contributed by atoms with Crippen molar-refractivity contribution in [1.82, 2.24) is 14.8 Å². The van der Waals surface area contributed by atoms with Crippen LogP contribution in [0.25, 0.3) is 0 Å². The van der Waals surface area contributed by atoms with Crippen molar-refractivity contribution in [2.75, 3.05) is 5.75 Å². The van der Waals surface area contributed by atoms with E-state index in [0.717, 1.165) is 11.4 Å². The van der Waals surface area contributed by atoms with Crippen molar-refractivity contribution in [2.45, 2.75) is 66.9 Å². The number of hydrogen-bond donors (Lipinski definition) is 0. The summed E-state index contributed by atoms with van der Waals surface area (Å²) in [7, 11) is 0. The lowest BCUT2D eigenvalue weighted by Crippen LogP contribution is -2.34. The quantitative estimate of drug-likeness (QED) is 0.401. The SMILES string of the molecule is CC(C)OP(=S)(OC(C)C)SCC(=O)OC(C(=O)C(C)(C)C)n1cncn1. The number of nitrogens with zero attached hydrogens (tertiary/aromatic N) is 3. The molecule has 0 N–H and O–H groups in total. The lowest BCUT2D eigenvalue weighted by Gasteiger charge is -2.26. The Hall–Kier alpha value is -0.800. The van der Waals surface area contributed by atoms with Gasteiger partial charge in [0.2, 0.25) is 11.5 Å². The number of ether oxygens (including phenoxy) is 1. The predicted octanol–water partition coefficient (Wildman–Crippen LogP) is 3.74. The molecular weight excluding hydrogens is 409 g/mol. The molecule has 0 radical (unpaired) electrons. The summed E-state index contributed by atoms with van der Waals surface area (Å²) in [6, 6.07) is 0. The highest BCUT2D eigenvalue weighted by Gasteiger charge is 2.35. The summed E-state index contributed by atoms with van der Waals surface area (Å²) < 4.78 is 18.1. The minimum Gasteiger partial charge on any atom is -0.431 e. The lowest BCUT2D eigenvalue weighted by molar-refractivity contribution is -0.162. The van der Waals surface area contributed by atoms with E-state index in [-0.39, 0.29) is 23.7 Å². The Labute approximate surface area is 169 Å². The number of rotatable bonds is 10. The molecule has 1 atom stereocenters. The first-order valence-electron chi connectivity index (χ1n) is 8.53. The van der Waals surface area contributed by atoms with Gasteiger partial charge in [-0.1, -0.05) is 32.2 Å². The maximum atomic E-state index is 12.7. The molecule has 0 aliphatic heterocycles. The Morgan fingerprint density at radius 2 is 1.74 bits per heavy atom. The molecular formula is C16H28N3O5PS2. The first kappa shape index (κ1) is 24.2. The van der Waals surface area contributed by atoms with Crippen LogP contribution < -0.4 is 0 Å². The monoisotopic (exact) mass is 437 g/mol. The van der Waals surface area contributed by atoms with Crippen LogP contribution in [0.5, 0.6) is 0 Å². The van der Waals surface area contributed by atoms with Crippen LogP contribution in [0.4, 0.5) is 0 Å². The van der Waals surface area contributed by atoms with E-state index in [1.807, 2.05) is 27.7 Å². The fourth-order valence-electron chi connectivity index (χ4n) is 1.83. The van der Waals surface area contributed by atoms with Gasteiger partial charge in [0.1, 0.15) is 18.4 Å². The zero-order chi connectivity index (χ0) is 20.8. The van der Waals surface area contributed by atoms with E-state index >= 15 is 0 Å². The van der Waals surface area contributed by atoms with Crippen LogP contribution in [-0.4, -0.2) is 44.5 Å². The van der Waals surface area contributed by atoms with Crippen molar-refractivity contribution in [2.24, 2.45) is 5.41 Å². The topological polar surface area (TPSA) is 92.5 Å². The zero-order valence-electron chi connectivity index (χ0n) is 16.7. The van der Waals surface area contributed by atoms with E-state index in [1.54, 1.807) is 20.8 Å². The highest BCUT2D eigenvalue weighted by Crippen LogP contribution is 2.62. The molecule has 1 rings (SSSR count). The average molecular weight is 438 g/mol. The molecule has 0 aliphatic carbocycles. The third-order valence-electron chi connectivity index (χ3n) is 2.90. The normalized spacial score (nSPS) is 13.8. The Kier molecular flexibility index (Phi) is 9.08. The molecule has 0 saturated heterocycles. The molecule has 0 amide bonds. The summed E-state index contributed by atoms with van der Waals surface area (Å²) in [6.07, 6.45) is 1.16. The van der Waals surface area contributed by atoms with Gasteiger partial charge in [0.25, 0.3) is 6.23 Å². The van der Waals surface area contributed by atoms with Crippen molar-refractivity contribution >= 4 is 40.6 Å². The fourth-order valence-corrected chi connectivity index (χ4v) is 7.06. The highest BCUT2D eigenvalue weighted by atomic mass is 32.9. The molecule has 1 unspecified atom stereocenters. The van der Waals surface area contributed by atoms with E-state index in [1.165, 1.54) is 17.3 Å². The number of Topliss-reactive ketones (excluding diaryl/α,β-unsaturated/α-hetero) is 1. The summed E-state index contributed by atoms with van der Waals surface area (Å²) in [5.41, 5.74) is -3.44. The van der Waals surface area contributed by atoms with Gasteiger partial charge >= 0.3 is 5.97 Å². The van der Waals surface area contributed by atoms with Crippen LogP contribution >= 0.6 is 17.1 Å². The van der Waals surface area contributed by atoms with Crippen LogP contribution in [0.2, 0.25) is 0 Å². The maximum absolute atomic E-state index is 12.7. The molecule has 11 heteroatoms. The largest absolute Gasteiger partial charge is 0.431 e. The van der Waals surface area contributed by atoms with Crippen molar-refractivity contribution in [1.29, 1.82) is 0 Å². The number of aromatic nitrogens is 3. The van der Waals surface area contributed by atoms with Crippen molar-refractivity contribution in [3.63, 3.8) is 0 Å². The second-order valence-electron chi connectivity index (χ2n) is 7.36. The summed E-state index contributed by atoms with van der Waals surface area (Å²) in [5, 5.41) is 3.93. The minimum absolute atomic E-state index is 0.0979. The maximum Gasteiger partial charge on any atom is 0.318 e. The van der Waals surface area contributed by atoms with Gasteiger partial charge in [-0.15, -0.1) is 0 Å². The van der Waals surface area contributed by atoms with Crippen molar-refractivity contribution < 1.29 is 23.4 Å². The Morgan fingerprint density at radius 3 is 2.15 bits per heavy atom. The van der Waals surface area contributed by atoms with Crippen molar-refractivity contribution in [3.8, 4) is 0 Å². The van der Waals surface area contributed by atoms with Crippen molar-refractivity contribution in [3.05, 3.63) is 12.7 Å². The Morgan fingerprint density at radius 1 is 1.19 bits per heavy atom. The summed E-state index contributed by atoms with van der Waals surface area (Å²) in [5.74, 6) is -0.992. The molecule has 0 aromatic carbocycles. The smallest absolute Gasteiger partial charge is 0.318 e. The number of carbonyl (C=O) groups excluding carboxylic acids is 2. The number of esters is 1. The van der Waals surface area contributed by atoms with Gasteiger partial charge in [0.15, 0.2) is 0 Å². The number of hydrogen-bond acceptors (Lipinski definition) is 9.